The third kappa shape index (κ3) is 4.81. The van der Waals surface area contributed by atoms with Crippen molar-refractivity contribution in [3.05, 3.63) is 88.6 Å². The van der Waals surface area contributed by atoms with Gasteiger partial charge in [-0.15, -0.1) is 0 Å². The number of amides is 1. The topological polar surface area (TPSA) is 53.9 Å². The average Bonchev–Trinajstić information content (AvgIpc) is 3.18. The Morgan fingerprint density at radius 1 is 0.966 bits per heavy atom. The van der Waals surface area contributed by atoms with E-state index in [1.165, 1.54) is 16.8 Å². The average molecular weight is 387 g/mol. The summed E-state index contributed by atoms with van der Waals surface area (Å²) < 4.78 is 5.54. The Bertz CT molecular complexity index is 927. The van der Waals surface area contributed by atoms with E-state index in [1.807, 2.05) is 24.3 Å². The zero-order valence-corrected chi connectivity index (χ0v) is 16.4. The van der Waals surface area contributed by atoms with E-state index in [-0.39, 0.29) is 5.91 Å². The highest BCUT2D eigenvalue weighted by atomic mass is 16.5. The lowest BCUT2D eigenvalue weighted by Crippen LogP contribution is -2.36. The summed E-state index contributed by atoms with van der Waals surface area (Å²) in [5.41, 5.74) is 8.15. The number of hydrazone groups is 1. The minimum Gasteiger partial charge on any atom is -0.378 e. The second kappa shape index (κ2) is 9.34. The van der Waals surface area contributed by atoms with E-state index in [9.17, 15) is 4.79 Å². The second-order valence-corrected chi connectivity index (χ2v) is 7.12. The van der Waals surface area contributed by atoms with Crippen LogP contribution < -0.4 is 5.43 Å². The summed E-state index contributed by atoms with van der Waals surface area (Å²) in [4.78, 5) is 14.6. The molecule has 5 nitrogen and oxygen atoms in total. The first-order chi connectivity index (χ1) is 14.3. The fraction of sp³-hybridized carbons (Fsp3) is 0.250. The summed E-state index contributed by atoms with van der Waals surface area (Å²) >= 11 is 0. The molecular weight excluding hydrogens is 362 g/mol. The number of hydrogen-bond acceptors (Lipinski definition) is 4. The molecule has 1 aliphatic carbocycles. The fourth-order valence-corrected chi connectivity index (χ4v) is 3.75. The number of benzene rings is 2. The van der Waals surface area contributed by atoms with Gasteiger partial charge in [-0.3, -0.25) is 4.79 Å². The zero-order chi connectivity index (χ0) is 19.9. The molecule has 2 aromatic rings. The van der Waals surface area contributed by atoms with Gasteiger partial charge in [0.1, 0.15) is 0 Å². The maximum Gasteiger partial charge on any atom is 0.271 e. The molecule has 0 spiro atoms. The molecule has 5 heteroatoms. The van der Waals surface area contributed by atoms with Crippen LogP contribution in [0.1, 0.15) is 28.8 Å². The van der Waals surface area contributed by atoms with Crippen molar-refractivity contribution in [2.45, 2.75) is 12.8 Å². The SMILES string of the molecule is O=C(NN=CC1=C(N2CCOCC2)C(=Cc2ccccc2)CC1)c1ccccc1. The maximum absolute atomic E-state index is 12.2. The number of morpholine rings is 1. The highest BCUT2D eigenvalue weighted by molar-refractivity contribution is 5.95. The van der Waals surface area contributed by atoms with Crippen molar-refractivity contribution in [3.63, 3.8) is 0 Å². The first-order valence-corrected chi connectivity index (χ1v) is 10.0. The van der Waals surface area contributed by atoms with Gasteiger partial charge in [0, 0.05) is 24.4 Å². The van der Waals surface area contributed by atoms with Crippen LogP contribution in [0.5, 0.6) is 0 Å². The van der Waals surface area contributed by atoms with Crippen molar-refractivity contribution >= 4 is 18.2 Å². The number of allylic oxidation sites excluding steroid dienone is 2. The third-order valence-corrected chi connectivity index (χ3v) is 5.16. The van der Waals surface area contributed by atoms with Gasteiger partial charge in [0.15, 0.2) is 0 Å². The Labute approximate surface area is 171 Å². The number of nitrogens with zero attached hydrogens (tertiary/aromatic N) is 2. The molecule has 2 aliphatic rings. The van der Waals surface area contributed by atoms with Crippen LogP contribution in [0.3, 0.4) is 0 Å². The first kappa shape index (κ1) is 19.2. The molecule has 1 fully saturated rings. The molecule has 1 heterocycles. The van der Waals surface area contributed by atoms with Crippen molar-refractivity contribution in [3.8, 4) is 0 Å². The van der Waals surface area contributed by atoms with Gasteiger partial charge in [-0.05, 0) is 47.8 Å². The Kier molecular flexibility index (Phi) is 6.17. The highest BCUT2D eigenvalue weighted by Crippen LogP contribution is 2.34. The van der Waals surface area contributed by atoms with Crippen LogP contribution in [0.2, 0.25) is 0 Å². The molecule has 2 aromatic carbocycles. The summed E-state index contributed by atoms with van der Waals surface area (Å²) in [6.45, 7) is 3.21. The molecule has 0 bridgehead atoms. The van der Waals surface area contributed by atoms with Gasteiger partial charge >= 0.3 is 0 Å². The monoisotopic (exact) mass is 387 g/mol. The number of ether oxygens (including phenoxy) is 1. The van der Waals surface area contributed by atoms with Gasteiger partial charge in [-0.25, -0.2) is 5.43 Å². The molecule has 148 valence electrons. The fourth-order valence-electron chi connectivity index (χ4n) is 3.75. The Balaban J connectivity index is 1.56. The minimum absolute atomic E-state index is 0.201. The number of nitrogens with one attached hydrogen (secondary N) is 1. The zero-order valence-electron chi connectivity index (χ0n) is 16.4. The van der Waals surface area contributed by atoms with Crippen LogP contribution >= 0.6 is 0 Å². The molecule has 0 radical (unpaired) electrons. The van der Waals surface area contributed by atoms with E-state index in [1.54, 1.807) is 18.3 Å². The van der Waals surface area contributed by atoms with Crippen molar-refractivity contribution in [2.24, 2.45) is 5.10 Å². The molecular formula is C24H25N3O2. The largest absolute Gasteiger partial charge is 0.378 e. The standard InChI is InChI=1S/C24H25N3O2/c28-24(20-9-5-2-6-10-20)26-25-18-22-12-11-21(17-19-7-3-1-4-8-19)23(22)27-13-15-29-16-14-27/h1-10,17-18H,11-16H2,(H,26,28). The van der Waals surface area contributed by atoms with Gasteiger partial charge < -0.3 is 9.64 Å². The summed E-state index contributed by atoms with van der Waals surface area (Å²) in [6, 6.07) is 19.5. The quantitative estimate of drug-likeness (QED) is 0.626. The van der Waals surface area contributed by atoms with Crippen molar-refractivity contribution in [1.82, 2.24) is 10.3 Å². The molecule has 1 amide bonds. The van der Waals surface area contributed by atoms with E-state index < -0.39 is 0 Å². The summed E-state index contributed by atoms with van der Waals surface area (Å²) in [5.74, 6) is -0.201. The summed E-state index contributed by atoms with van der Waals surface area (Å²) in [7, 11) is 0. The van der Waals surface area contributed by atoms with Gasteiger partial charge in [-0.2, -0.15) is 5.10 Å². The van der Waals surface area contributed by atoms with Crippen molar-refractivity contribution < 1.29 is 9.53 Å². The number of carbonyl (C=O) groups excluding carboxylic acids is 1. The number of carbonyl (C=O) groups is 1. The smallest absolute Gasteiger partial charge is 0.271 e. The van der Waals surface area contributed by atoms with Crippen LogP contribution in [0, 0.1) is 0 Å². The van der Waals surface area contributed by atoms with Crippen LogP contribution in [-0.4, -0.2) is 43.3 Å². The van der Waals surface area contributed by atoms with E-state index in [0.29, 0.717) is 5.56 Å². The lowest BCUT2D eigenvalue weighted by Gasteiger charge is -2.31. The van der Waals surface area contributed by atoms with Crippen molar-refractivity contribution in [1.29, 1.82) is 0 Å². The molecule has 0 saturated carbocycles. The Morgan fingerprint density at radius 3 is 2.38 bits per heavy atom. The predicted octanol–water partition coefficient (Wildman–Crippen LogP) is 3.87. The third-order valence-electron chi connectivity index (χ3n) is 5.16. The maximum atomic E-state index is 12.2. The minimum atomic E-state index is -0.201. The van der Waals surface area contributed by atoms with E-state index in [4.69, 9.17) is 4.74 Å². The van der Waals surface area contributed by atoms with Crippen LogP contribution in [0.25, 0.3) is 6.08 Å². The van der Waals surface area contributed by atoms with E-state index in [2.05, 4.69) is 45.8 Å². The number of hydrogen-bond donors (Lipinski definition) is 1. The highest BCUT2D eigenvalue weighted by Gasteiger charge is 2.25. The molecule has 0 unspecified atom stereocenters. The predicted molar refractivity (Wildman–Crippen MR) is 115 cm³/mol. The van der Waals surface area contributed by atoms with Gasteiger partial charge in [-0.1, -0.05) is 48.5 Å². The van der Waals surface area contributed by atoms with Gasteiger partial charge in [0.2, 0.25) is 0 Å². The molecule has 29 heavy (non-hydrogen) atoms. The molecule has 4 rings (SSSR count). The molecule has 0 aromatic heterocycles. The number of rotatable bonds is 5. The normalized spacial score (nSPS) is 18.6. The molecule has 1 aliphatic heterocycles. The summed E-state index contributed by atoms with van der Waals surface area (Å²) in [5, 5.41) is 4.25. The Hall–Kier alpha value is -3.18. The molecule has 0 atom stereocenters. The first-order valence-electron chi connectivity index (χ1n) is 10.0. The summed E-state index contributed by atoms with van der Waals surface area (Å²) in [6.07, 6.45) is 5.94. The van der Waals surface area contributed by atoms with Crippen molar-refractivity contribution in [2.75, 3.05) is 26.3 Å². The van der Waals surface area contributed by atoms with Crippen LogP contribution in [0.15, 0.2) is 82.6 Å². The van der Waals surface area contributed by atoms with Gasteiger partial charge in [0.05, 0.1) is 19.4 Å². The lowest BCUT2D eigenvalue weighted by molar-refractivity contribution is 0.0548. The van der Waals surface area contributed by atoms with Crippen LogP contribution in [-0.2, 0) is 4.74 Å². The van der Waals surface area contributed by atoms with Gasteiger partial charge in [0.25, 0.3) is 5.91 Å². The second-order valence-electron chi connectivity index (χ2n) is 7.12. The van der Waals surface area contributed by atoms with E-state index in [0.717, 1.165) is 44.7 Å². The lowest BCUT2D eigenvalue weighted by atomic mass is 10.1. The molecule has 1 N–H and O–H groups in total. The van der Waals surface area contributed by atoms with E-state index >= 15 is 0 Å². The van der Waals surface area contributed by atoms with Crippen LogP contribution in [0.4, 0.5) is 0 Å². The molecule has 1 saturated heterocycles. The Morgan fingerprint density at radius 2 is 1.66 bits per heavy atom.